The van der Waals surface area contributed by atoms with Crippen LogP contribution in [-0.2, 0) is 17.9 Å². The van der Waals surface area contributed by atoms with Crippen LogP contribution in [0.2, 0.25) is 5.02 Å². The van der Waals surface area contributed by atoms with Gasteiger partial charge in [0.1, 0.15) is 13.2 Å². The van der Waals surface area contributed by atoms with E-state index in [0.717, 1.165) is 11.1 Å². The van der Waals surface area contributed by atoms with Crippen molar-refractivity contribution in [2.75, 3.05) is 12.4 Å². The van der Waals surface area contributed by atoms with Crippen LogP contribution in [0.15, 0.2) is 67.0 Å². The Morgan fingerprint density at radius 1 is 1.18 bits per heavy atom. The van der Waals surface area contributed by atoms with Crippen molar-refractivity contribution in [1.82, 2.24) is 19.7 Å². The highest BCUT2D eigenvalue weighted by atomic mass is 35.5. The minimum atomic E-state index is -0.272. The van der Waals surface area contributed by atoms with Gasteiger partial charge < -0.3 is 14.8 Å². The topological polar surface area (TPSA) is 94.1 Å². The van der Waals surface area contributed by atoms with Crippen LogP contribution in [0.1, 0.15) is 5.56 Å². The number of methoxy groups -OCH3 is 1. The van der Waals surface area contributed by atoms with E-state index in [4.69, 9.17) is 33.3 Å². The number of halogens is 1. The molecule has 2 aromatic carbocycles. The number of carbonyl (C=O) groups is 1. The van der Waals surface area contributed by atoms with Gasteiger partial charge in [-0.1, -0.05) is 17.7 Å². The number of aromatic nitrogens is 4. The number of H-pyrrole nitrogens is 1. The Balaban J connectivity index is 1.48. The van der Waals surface area contributed by atoms with Crippen LogP contribution in [0.3, 0.4) is 0 Å². The summed E-state index contributed by atoms with van der Waals surface area (Å²) in [7, 11) is 1.56. The molecule has 0 aliphatic rings. The number of aromatic amines is 1. The second-order valence-corrected chi connectivity index (χ2v) is 7.83. The molecule has 0 radical (unpaired) electrons. The van der Waals surface area contributed by atoms with Gasteiger partial charge in [-0.05, 0) is 54.7 Å². The number of anilines is 1. The van der Waals surface area contributed by atoms with Crippen LogP contribution in [0, 0.1) is 4.77 Å². The minimum absolute atomic E-state index is 0.0226. The molecule has 4 rings (SSSR count). The molecule has 0 bridgehead atoms. The maximum atomic E-state index is 12.8. The number of carbonyl (C=O) groups excluding carboxylic acids is 1. The number of rotatable bonds is 8. The van der Waals surface area contributed by atoms with Crippen LogP contribution >= 0.6 is 23.8 Å². The van der Waals surface area contributed by atoms with Crippen molar-refractivity contribution in [3.05, 3.63) is 82.3 Å². The molecular weight excluding hydrogens is 462 g/mol. The third kappa shape index (κ3) is 5.57. The molecule has 0 saturated carbocycles. The van der Waals surface area contributed by atoms with Gasteiger partial charge in [-0.15, -0.1) is 0 Å². The Labute approximate surface area is 200 Å². The fourth-order valence-electron chi connectivity index (χ4n) is 3.14. The van der Waals surface area contributed by atoms with Crippen LogP contribution in [0.5, 0.6) is 11.5 Å². The largest absolute Gasteiger partial charge is 0.493 e. The molecule has 0 spiro atoms. The average molecular weight is 482 g/mol. The second kappa shape index (κ2) is 10.3. The van der Waals surface area contributed by atoms with Crippen molar-refractivity contribution in [2.45, 2.75) is 13.2 Å². The van der Waals surface area contributed by atoms with Crippen LogP contribution in [-0.4, -0.2) is 32.8 Å². The highest BCUT2D eigenvalue weighted by molar-refractivity contribution is 7.71. The zero-order valence-corrected chi connectivity index (χ0v) is 19.2. The van der Waals surface area contributed by atoms with E-state index in [1.807, 2.05) is 24.3 Å². The third-order valence-electron chi connectivity index (χ3n) is 4.73. The van der Waals surface area contributed by atoms with Gasteiger partial charge in [-0.2, -0.15) is 5.10 Å². The number of amides is 1. The minimum Gasteiger partial charge on any atom is -0.493 e. The molecule has 2 N–H and O–H groups in total. The molecule has 2 aromatic heterocycles. The molecule has 0 saturated heterocycles. The van der Waals surface area contributed by atoms with E-state index in [9.17, 15) is 4.79 Å². The highest BCUT2D eigenvalue weighted by Crippen LogP contribution is 2.31. The predicted octanol–water partition coefficient (Wildman–Crippen LogP) is 4.88. The van der Waals surface area contributed by atoms with Crippen molar-refractivity contribution in [3.63, 3.8) is 0 Å². The molecule has 2 heterocycles. The van der Waals surface area contributed by atoms with Crippen LogP contribution in [0.25, 0.3) is 11.4 Å². The standard InChI is InChI=1S/C23H20ClN5O3S/c1-31-19-9-8-18(11-20(19)32-14-15-3-2-10-25-12-15)26-21(30)13-29-22(27-28-23(29)33)16-4-6-17(24)7-5-16/h2-12H,13-14H2,1H3,(H,26,30)(H,28,33). The summed E-state index contributed by atoms with van der Waals surface area (Å²) in [5.74, 6) is 1.33. The normalized spacial score (nSPS) is 10.6. The number of hydrogen-bond acceptors (Lipinski definition) is 6. The van der Waals surface area contributed by atoms with Gasteiger partial charge in [-0.25, -0.2) is 0 Å². The summed E-state index contributed by atoms with van der Waals surface area (Å²) in [6.07, 6.45) is 3.43. The molecule has 8 nitrogen and oxygen atoms in total. The van der Waals surface area contributed by atoms with Gasteiger partial charge in [0.25, 0.3) is 0 Å². The number of benzene rings is 2. The van der Waals surface area contributed by atoms with E-state index in [0.29, 0.717) is 39.4 Å². The number of ether oxygens (including phenoxy) is 2. The summed E-state index contributed by atoms with van der Waals surface area (Å²) in [5.41, 5.74) is 2.26. The van der Waals surface area contributed by atoms with Crippen molar-refractivity contribution in [1.29, 1.82) is 0 Å². The van der Waals surface area contributed by atoms with Crippen molar-refractivity contribution >= 4 is 35.4 Å². The molecule has 168 valence electrons. The van der Waals surface area contributed by atoms with E-state index in [2.05, 4.69) is 20.5 Å². The van der Waals surface area contributed by atoms with Gasteiger partial charge in [0.05, 0.1) is 7.11 Å². The average Bonchev–Trinajstić information content (AvgIpc) is 3.19. The predicted molar refractivity (Wildman–Crippen MR) is 128 cm³/mol. The monoisotopic (exact) mass is 481 g/mol. The van der Waals surface area contributed by atoms with Crippen LogP contribution < -0.4 is 14.8 Å². The molecule has 1 amide bonds. The Morgan fingerprint density at radius 2 is 2.00 bits per heavy atom. The van der Waals surface area contributed by atoms with Crippen molar-refractivity contribution in [3.8, 4) is 22.9 Å². The van der Waals surface area contributed by atoms with Gasteiger partial charge in [-0.3, -0.25) is 19.4 Å². The van der Waals surface area contributed by atoms with Gasteiger partial charge in [0, 0.05) is 40.3 Å². The Bertz CT molecular complexity index is 1310. The summed E-state index contributed by atoms with van der Waals surface area (Å²) < 4.78 is 13.2. The summed E-state index contributed by atoms with van der Waals surface area (Å²) in [6.45, 7) is 0.293. The van der Waals surface area contributed by atoms with Gasteiger partial charge in [0.2, 0.25) is 5.91 Å². The number of nitrogens with one attached hydrogen (secondary N) is 2. The van der Waals surface area contributed by atoms with Crippen LogP contribution in [0.4, 0.5) is 5.69 Å². The number of nitrogens with zero attached hydrogens (tertiary/aromatic N) is 3. The molecule has 0 unspecified atom stereocenters. The van der Waals surface area contributed by atoms with Crippen molar-refractivity contribution < 1.29 is 14.3 Å². The lowest BCUT2D eigenvalue weighted by Gasteiger charge is -2.13. The van der Waals surface area contributed by atoms with Gasteiger partial charge in [0.15, 0.2) is 22.1 Å². The molecule has 0 aliphatic heterocycles. The SMILES string of the molecule is COc1ccc(NC(=O)Cn2c(-c3ccc(Cl)cc3)n[nH]c2=S)cc1OCc1cccnc1. The lowest BCUT2D eigenvalue weighted by molar-refractivity contribution is -0.116. The molecule has 33 heavy (non-hydrogen) atoms. The number of pyridine rings is 1. The maximum absolute atomic E-state index is 12.8. The summed E-state index contributed by atoms with van der Waals surface area (Å²) in [5, 5.41) is 10.5. The Kier molecular flexibility index (Phi) is 7.01. The lowest BCUT2D eigenvalue weighted by atomic mass is 10.2. The molecule has 0 aliphatic carbocycles. The molecular formula is C23H20ClN5O3S. The van der Waals surface area contributed by atoms with E-state index < -0.39 is 0 Å². The molecule has 0 fully saturated rings. The number of hydrogen-bond donors (Lipinski definition) is 2. The van der Waals surface area contributed by atoms with E-state index in [-0.39, 0.29) is 12.5 Å². The molecule has 0 atom stereocenters. The second-order valence-electron chi connectivity index (χ2n) is 7.01. The van der Waals surface area contributed by atoms with E-state index >= 15 is 0 Å². The summed E-state index contributed by atoms with van der Waals surface area (Å²) in [4.78, 5) is 16.9. The first-order valence-electron chi connectivity index (χ1n) is 9.94. The van der Waals surface area contributed by atoms with E-state index in [1.54, 1.807) is 54.4 Å². The first-order valence-corrected chi connectivity index (χ1v) is 10.7. The Morgan fingerprint density at radius 3 is 2.73 bits per heavy atom. The first-order chi connectivity index (χ1) is 16.0. The summed E-state index contributed by atoms with van der Waals surface area (Å²) in [6, 6.07) is 16.1. The summed E-state index contributed by atoms with van der Waals surface area (Å²) >= 11 is 11.3. The van der Waals surface area contributed by atoms with Gasteiger partial charge >= 0.3 is 0 Å². The fraction of sp³-hybridized carbons (Fsp3) is 0.130. The highest BCUT2D eigenvalue weighted by Gasteiger charge is 2.14. The zero-order valence-electron chi connectivity index (χ0n) is 17.6. The Hall–Kier alpha value is -3.69. The smallest absolute Gasteiger partial charge is 0.244 e. The zero-order chi connectivity index (χ0) is 23.2. The molecule has 10 heteroatoms. The molecule has 4 aromatic rings. The quantitative estimate of drug-likeness (QED) is 0.348. The third-order valence-corrected chi connectivity index (χ3v) is 5.29. The maximum Gasteiger partial charge on any atom is 0.244 e. The van der Waals surface area contributed by atoms with E-state index in [1.165, 1.54) is 0 Å². The fourth-order valence-corrected chi connectivity index (χ4v) is 3.46. The lowest BCUT2D eigenvalue weighted by Crippen LogP contribution is -2.19. The van der Waals surface area contributed by atoms with Crippen molar-refractivity contribution in [2.24, 2.45) is 0 Å². The first kappa shape index (κ1) is 22.5.